The number of carbonyl (C=O) groups excluding carboxylic acids is 1. The van der Waals surface area contributed by atoms with E-state index in [0.29, 0.717) is 36.8 Å². The van der Waals surface area contributed by atoms with Crippen molar-refractivity contribution in [2.24, 2.45) is 0 Å². The Morgan fingerprint density at radius 3 is 2.81 bits per heavy atom. The Kier molecular flexibility index (Phi) is 8.53. The fourth-order valence-corrected chi connectivity index (χ4v) is 4.25. The quantitative estimate of drug-likeness (QED) is 0.408. The molecule has 1 aromatic carbocycles. The van der Waals surface area contributed by atoms with E-state index in [-0.39, 0.29) is 18.6 Å². The van der Waals surface area contributed by atoms with Crippen LogP contribution in [0.15, 0.2) is 42.6 Å². The van der Waals surface area contributed by atoms with Gasteiger partial charge in [-0.3, -0.25) is 14.7 Å². The third-order valence-corrected chi connectivity index (χ3v) is 6.07. The second-order valence-corrected chi connectivity index (χ2v) is 8.86. The number of tetrazole rings is 1. The second kappa shape index (κ2) is 12.2. The fraction of sp³-hybridized carbons (Fsp3) is 0.385. The molecule has 0 N–H and O–H groups in total. The molecule has 10 nitrogen and oxygen atoms in total. The lowest BCUT2D eigenvalue weighted by Gasteiger charge is -2.39. The molecule has 0 spiro atoms. The summed E-state index contributed by atoms with van der Waals surface area (Å²) in [6, 6.07) is 11.2. The third kappa shape index (κ3) is 6.95. The van der Waals surface area contributed by atoms with Crippen LogP contribution in [0.4, 0.5) is 4.39 Å². The van der Waals surface area contributed by atoms with Crippen LogP contribution in [0.3, 0.4) is 0 Å². The van der Waals surface area contributed by atoms with Crippen LogP contribution in [0, 0.1) is 18.3 Å². The average molecular weight is 505 g/mol. The van der Waals surface area contributed by atoms with Crippen LogP contribution in [0.5, 0.6) is 5.75 Å². The maximum Gasteiger partial charge on any atom is 0.246 e. The maximum atomic E-state index is 13.0. The van der Waals surface area contributed by atoms with Crippen molar-refractivity contribution in [3.05, 3.63) is 70.8 Å². The summed E-state index contributed by atoms with van der Waals surface area (Å²) in [7, 11) is 0. The summed E-state index contributed by atoms with van der Waals surface area (Å²) in [5, 5.41) is 21.4. The number of aryl methyl sites for hydroxylation is 1. The van der Waals surface area contributed by atoms with E-state index in [9.17, 15) is 14.4 Å². The van der Waals surface area contributed by atoms with Gasteiger partial charge in [-0.2, -0.15) is 10.1 Å². The van der Waals surface area contributed by atoms with E-state index in [1.54, 1.807) is 43.5 Å². The van der Waals surface area contributed by atoms with Crippen LogP contribution in [0.2, 0.25) is 0 Å². The van der Waals surface area contributed by atoms with E-state index in [4.69, 9.17) is 4.74 Å². The van der Waals surface area contributed by atoms with Crippen LogP contribution >= 0.6 is 0 Å². The summed E-state index contributed by atoms with van der Waals surface area (Å²) >= 11 is 0. The average Bonchev–Trinajstić information content (AvgIpc) is 3.31. The first kappa shape index (κ1) is 25.9. The van der Waals surface area contributed by atoms with Crippen molar-refractivity contribution in [3.8, 4) is 11.8 Å². The van der Waals surface area contributed by atoms with E-state index in [2.05, 4.69) is 31.4 Å². The molecule has 0 aliphatic carbocycles. The predicted octanol–water partition coefficient (Wildman–Crippen LogP) is 2.39. The topological polar surface area (TPSA) is 113 Å². The summed E-state index contributed by atoms with van der Waals surface area (Å²) in [5.41, 5.74) is 3.06. The summed E-state index contributed by atoms with van der Waals surface area (Å²) in [5.74, 6) is 1.05. The van der Waals surface area contributed by atoms with Crippen LogP contribution in [-0.4, -0.2) is 79.9 Å². The van der Waals surface area contributed by atoms with Gasteiger partial charge in [0, 0.05) is 38.3 Å². The minimum atomic E-state index is -0.535. The lowest BCUT2D eigenvalue weighted by Crippen LogP contribution is -2.53. The standard InChI is InChI=1S/C26H29FN8O2/c1-19-16-33(18-24-6-7-25(15-29-24)37-12-9-27)10-11-34(19)26(36)8-5-22-4-3-21(14-28)13-23(22)17-35-31-20(2)30-32-35/h3-8,13,15,19H,9-12,16-18H2,1-2H3/b8-5+. The molecule has 2 aromatic heterocycles. The van der Waals surface area contributed by atoms with Gasteiger partial charge in [0.1, 0.15) is 19.0 Å². The second-order valence-electron chi connectivity index (χ2n) is 8.86. The molecule has 1 amide bonds. The predicted molar refractivity (Wildman–Crippen MR) is 134 cm³/mol. The Hall–Kier alpha value is -4.17. The molecule has 11 heteroatoms. The molecule has 1 fully saturated rings. The number of hydrogen-bond donors (Lipinski definition) is 0. The Balaban J connectivity index is 1.36. The van der Waals surface area contributed by atoms with Crippen molar-refractivity contribution in [2.75, 3.05) is 32.9 Å². The largest absolute Gasteiger partial charge is 0.489 e. The number of nitriles is 1. The summed E-state index contributed by atoms with van der Waals surface area (Å²) in [6.45, 7) is 6.34. The van der Waals surface area contributed by atoms with Gasteiger partial charge in [-0.05, 0) is 60.5 Å². The van der Waals surface area contributed by atoms with Gasteiger partial charge in [0.25, 0.3) is 0 Å². The molecular formula is C26H29FN8O2. The fourth-order valence-electron chi connectivity index (χ4n) is 4.25. The highest BCUT2D eigenvalue weighted by Crippen LogP contribution is 2.18. The van der Waals surface area contributed by atoms with Crippen molar-refractivity contribution < 1.29 is 13.9 Å². The molecular weight excluding hydrogens is 475 g/mol. The van der Waals surface area contributed by atoms with Crippen LogP contribution in [0.1, 0.15) is 35.1 Å². The first-order valence-electron chi connectivity index (χ1n) is 12.1. The van der Waals surface area contributed by atoms with Crippen molar-refractivity contribution in [1.29, 1.82) is 5.26 Å². The molecule has 1 aliphatic heterocycles. The van der Waals surface area contributed by atoms with Crippen molar-refractivity contribution >= 4 is 12.0 Å². The normalized spacial score (nSPS) is 16.2. The van der Waals surface area contributed by atoms with Crippen LogP contribution < -0.4 is 4.74 Å². The van der Waals surface area contributed by atoms with Gasteiger partial charge in [-0.25, -0.2) is 4.39 Å². The van der Waals surface area contributed by atoms with Gasteiger partial charge in [-0.1, -0.05) is 6.07 Å². The molecule has 0 radical (unpaired) electrons. The number of benzene rings is 1. The Bertz CT molecular complexity index is 1280. The van der Waals surface area contributed by atoms with Gasteiger partial charge < -0.3 is 9.64 Å². The number of rotatable bonds is 9. The number of amides is 1. The number of aromatic nitrogens is 5. The van der Waals surface area contributed by atoms with Crippen LogP contribution in [-0.2, 0) is 17.9 Å². The minimum absolute atomic E-state index is 0.0220. The molecule has 3 heterocycles. The van der Waals surface area contributed by atoms with E-state index >= 15 is 0 Å². The number of carbonyl (C=O) groups is 1. The molecule has 3 aromatic rings. The highest BCUT2D eigenvalue weighted by Gasteiger charge is 2.26. The molecule has 1 saturated heterocycles. The van der Waals surface area contributed by atoms with E-state index in [1.807, 2.05) is 24.0 Å². The van der Waals surface area contributed by atoms with Gasteiger partial charge in [-0.15, -0.1) is 10.2 Å². The first-order valence-corrected chi connectivity index (χ1v) is 12.1. The zero-order chi connectivity index (χ0) is 26.2. The number of nitrogens with zero attached hydrogens (tertiary/aromatic N) is 8. The minimum Gasteiger partial charge on any atom is -0.489 e. The van der Waals surface area contributed by atoms with Gasteiger partial charge >= 0.3 is 0 Å². The molecule has 0 saturated carbocycles. The maximum absolute atomic E-state index is 13.0. The van der Waals surface area contributed by atoms with Gasteiger partial charge in [0.15, 0.2) is 5.82 Å². The smallest absolute Gasteiger partial charge is 0.246 e. The summed E-state index contributed by atoms with van der Waals surface area (Å²) < 4.78 is 17.5. The third-order valence-electron chi connectivity index (χ3n) is 6.07. The van der Waals surface area contributed by atoms with Crippen molar-refractivity contribution in [1.82, 2.24) is 35.0 Å². The first-order chi connectivity index (χ1) is 17.9. The monoisotopic (exact) mass is 504 g/mol. The van der Waals surface area contributed by atoms with Crippen molar-refractivity contribution in [2.45, 2.75) is 33.0 Å². The number of hydrogen-bond acceptors (Lipinski definition) is 8. The Labute approximate surface area is 215 Å². The molecule has 192 valence electrons. The molecule has 1 atom stereocenters. The number of halogens is 1. The lowest BCUT2D eigenvalue weighted by molar-refractivity contribution is -0.130. The number of piperazine rings is 1. The summed E-state index contributed by atoms with van der Waals surface area (Å²) in [6.07, 6.45) is 4.96. The lowest BCUT2D eigenvalue weighted by atomic mass is 10.0. The number of pyridine rings is 1. The van der Waals surface area contributed by atoms with E-state index < -0.39 is 6.67 Å². The molecule has 0 bridgehead atoms. The molecule has 1 unspecified atom stereocenters. The van der Waals surface area contributed by atoms with Gasteiger partial charge in [0.05, 0.1) is 30.1 Å². The Morgan fingerprint density at radius 2 is 2.14 bits per heavy atom. The Morgan fingerprint density at radius 1 is 1.27 bits per heavy atom. The molecule has 37 heavy (non-hydrogen) atoms. The van der Waals surface area contributed by atoms with Crippen LogP contribution in [0.25, 0.3) is 6.08 Å². The molecule has 1 aliphatic rings. The summed E-state index contributed by atoms with van der Waals surface area (Å²) in [4.78, 5) is 23.0. The number of ether oxygens (including phenoxy) is 1. The zero-order valence-electron chi connectivity index (χ0n) is 20.9. The highest BCUT2D eigenvalue weighted by atomic mass is 19.1. The zero-order valence-corrected chi connectivity index (χ0v) is 20.9. The molecule has 4 rings (SSSR count). The highest BCUT2D eigenvalue weighted by molar-refractivity contribution is 5.92. The van der Waals surface area contributed by atoms with Crippen molar-refractivity contribution in [3.63, 3.8) is 0 Å². The van der Waals surface area contributed by atoms with E-state index in [1.165, 1.54) is 4.80 Å². The SMILES string of the molecule is Cc1nnn(Cc2cc(C#N)ccc2/C=C/C(=O)N2CCN(Cc3ccc(OCCF)cn3)CC2C)n1. The number of alkyl halides is 1. The van der Waals surface area contributed by atoms with Gasteiger partial charge in [0.2, 0.25) is 5.91 Å². The van der Waals surface area contributed by atoms with E-state index in [0.717, 1.165) is 29.9 Å².